The Morgan fingerprint density at radius 3 is 2.65 bits per heavy atom. The fraction of sp³-hybridized carbons (Fsp3) is 0.273. The minimum absolute atomic E-state index is 0.00204. The van der Waals surface area contributed by atoms with Crippen LogP contribution in [-0.2, 0) is 0 Å². The van der Waals surface area contributed by atoms with Crippen LogP contribution < -0.4 is 5.73 Å². The third-order valence-corrected chi connectivity index (χ3v) is 2.70. The van der Waals surface area contributed by atoms with Crippen LogP contribution >= 0.6 is 0 Å². The normalized spacial score (nSPS) is 14.1. The molecule has 0 aliphatic carbocycles. The van der Waals surface area contributed by atoms with Gasteiger partial charge in [0.15, 0.2) is 0 Å². The van der Waals surface area contributed by atoms with E-state index in [1.165, 1.54) is 24.4 Å². The minimum atomic E-state index is -4.37. The van der Waals surface area contributed by atoms with Crippen molar-refractivity contribution in [1.82, 2.24) is 4.98 Å². The first-order valence-corrected chi connectivity index (χ1v) is 5.00. The van der Waals surface area contributed by atoms with Crippen molar-refractivity contribution in [3.05, 3.63) is 30.0 Å². The van der Waals surface area contributed by atoms with Gasteiger partial charge in [0, 0.05) is 29.7 Å². The molecule has 92 valence electrons. The van der Waals surface area contributed by atoms with Gasteiger partial charge in [0.05, 0.1) is 5.92 Å². The van der Waals surface area contributed by atoms with Crippen LogP contribution in [0, 0.1) is 0 Å². The second-order valence-electron chi connectivity index (χ2n) is 3.80. The molecule has 2 aromatic rings. The molecule has 0 amide bonds. The van der Waals surface area contributed by atoms with Crippen LogP contribution in [0.1, 0.15) is 11.5 Å². The number of phenols is 1. The molecule has 1 aromatic heterocycles. The molecule has 0 radical (unpaired) electrons. The van der Waals surface area contributed by atoms with Crippen molar-refractivity contribution in [2.45, 2.75) is 12.1 Å². The third kappa shape index (κ3) is 2.08. The number of phenolic OH excluding ortho intramolecular Hbond substituents is 1. The van der Waals surface area contributed by atoms with Gasteiger partial charge < -0.3 is 15.8 Å². The second kappa shape index (κ2) is 3.96. The Kier molecular flexibility index (Phi) is 2.74. The zero-order valence-corrected chi connectivity index (χ0v) is 8.75. The molecule has 0 spiro atoms. The van der Waals surface area contributed by atoms with E-state index in [1.54, 1.807) is 0 Å². The summed E-state index contributed by atoms with van der Waals surface area (Å²) in [7, 11) is 0. The lowest BCUT2D eigenvalue weighted by molar-refractivity contribution is -0.147. The van der Waals surface area contributed by atoms with Crippen LogP contribution in [0.2, 0.25) is 0 Å². The predicted molar refractivity (Wildman–Crippen MR) is 57.8 cm³/mol. The molecule has 2 rings (SSSR count). The number of H-pyrrole nitrogens is 1. The molecule has 1 atom stereocenters. The summed E-state index contributed by atoms with van der Waals surface area (Å²) < 4.78 is 38.2. The van der Waals surface area contributed by atoms with E-state index < -0.39 is 18.6 Å². The number of halogens is 3. The first-order chi connectivity index (χ1) is 7.93. The van der Waals surface area contributed by atoms with Crippen LogP contribution in [0.4, 0.5) is 13.2 Å². The van der Waals surface area contributed by atoms with Crippen LogP contribution in [0.3, 0.4) is 0 Å². The Labute approximate surface area is 95.0 Å². The number of benzene rings is 1. The SMILES string of the molecule is NCC(c1c[nH]c2cc(O)ccc12)C(F)(F)F. The summed E-state index contributed by atoms with van der Waals surface area (Å²) >= 11 is 0. The van der Waals surface area contributed by atoms with E-state index in [4.69, 9.17) is 5.73 Å². The van der Waals surface area contributed by atoms with Crippen LogP contribution in [0.5, 0.6) is 5.75 Å². The van der Waals surface area contributed by atoms with Gasteiger partial charge >= 0.3 is 6.18 Å². The lowest BCUT2D eigenvalue weighted by atomic mass is 9.98. The lowest BCUT2D eigenvalue weighted by Gasteiger charge is -2.17. The number of rotatable bonds is 2. The summed E-state index contributed by atoms with van der Waals surface area (Å²) in [5.74, 6) is -1.69. The molecule has 3 nitrogen and oxygen atoms in total. The highest BCUT2D eigenvalue weighted by Crippen LogP contribution is 2.37. The van der Waals surface area contributed by atoms with Crippen molar-refractivity contribution < 1.29 is 18.3 Å². The van der Waals surface area contributed by atoms with Gasteiger partial charge in [0.25, 0.3) is 0 Å². The fourth-order valence-corrected chi connectivity index (χ4v) is 1.86. The molecular formula is C11H11F3N2O. The Balaban J connectivity index is 2.55. The van der Waals surface area contributed by atoms with E-state index in [-0.39, 0.29) is 11.3 Å². The average molecular weight is 244 g/mol. The number of fused-ring (bicyclic) bond motifs is 1. The van der Waals surface area contributed by atoms with Crippen molar-refractivity contribution in [1.29, 1.82) is 0 Å². The Bertz CT molecular complexity index is 533. The van der Waals surface area contributed by atoms with Crippen LogP contribution in [0.15, 0.2) is 24.4 Å². The average Bonchev–Trinajstić information content (AvgIpc) is 2.60. The second-order valence-corrected chi connectivity index (χ2v) is 3.80. The highest BCUT2D eigenvalue weighted by molar-refractivity contribution is 5.85. The number of aromatic amines is 1. The molecular weight excluding hydrogens is 233 g/mol. The van der Waals surface area contributed by atoms with Crippen LogP contribution in [0.25, 0.3) is 10.9 Å². The van der Waals surface area contributed by atoms with Gasteiger partial charge in [-0.25, -0.2) is 0 Å². The number of hydrogen-bond acceptors (Lipinski definition) is 2. The highest BCUT2D eigenvalue weighted by atomic mass is 19.4. The van der Waals surface area contributed by atoms with E-state index in [2.05, 4.69) is 4.98 Å². The molecule has 6 heteroatoms. The van der Waals surface area contributed by atoms with Gasteiger partial charge in [0.1, 0.15) is 5.75 Å². The van der Waals surface area contributed by atoms with Crippen molar-refractivity contribution in [2.75, 3.05) is 6.54 Å². The minimum Gasteiger partial charge on any atom is -0.508 e. The lowest BCUT2D eigenvalue weighted by Crippen LogP contribution is -2.27. The number of hydrogen-bond donors (Lipinski definition) is 3. The van der Waals surface area contributed by atoms with Gasteiger partial charge in [-0.3, -0.25) is 0 Å². The van der Waals surface area contributed by atoms with Crippen molar-refractivity contribution in [3.8, 4) is 5.75 Å². The number of nitrogens with one attached hydrogen (secondary N) is 1. The molecule has 0 aliphatic heterocycles. The van der Waals surface area contributed by atoms with Gasteiger partial charge in [0.2, 0.25) is 0 Å². The summed E-state index contributed by atoms with van der Waals surface area (Å²) in [6.45, 7) is -0.503. The summed E-state index contributed by atoms with van der Waals surface area (Å²) in [5, 5.41) is 9.65. The number of nitrogens with two attached hydrogens (primary N) is 1. The first kappa shape index (κ1) is 11.8. The van der Waals surface area contributed by atoms with Gasteiger partial charge in [-0.1, -0.05) is 0 Å². The van der Waals surface area contributed by atoms with Gasteiger partial charge in [-0.15, -0.1) is 0 Å². The molecule has 1 aromatic carbocycles. The number of aromatic nitrogens is 1. The zero-order valence-electron chi connectivity index (χ0n) is 8.75. The maximum Gasteiger partial charge on any atom is 0.397 e. The molecule has 0 bridgehead atoms. The summed E-state index contributed by atoms with van der Waals surface area (Å²) in [5.41, 5.74) is 5.76. The standard InChI is InChI=1S/C11H11F3N2O/c12-11(13,14)9(4-15)8-5-16-10-3-6(17)1-2-7(8)10/h1-3,5,9,16-17H,4,15H2. The zero-order chi connectivity index (χ0) is 12.6. The molecule has 0 aliphatic rings. The maximum absolute atomic E-state index is 12.7. The van der Waals surface area contributed by atoms with E-state index in [0.29, 0.717) is 10.9 Å². The first-order valence-electron chi connectivity index (χ1n) is 5.00. The van der Waals surface area contributed by atoms with E-state index in [0.717, 1.165) is 0 Å². The van der Waals surface area contributed by atoms with Crippen molar-refractivity contribution >= 4 is 10.9 Å². The smallest absolute Gasteiger partial charge is 0.397 e. The quantitative estimate of drug-likeness (QED) is 0.760. The monoisotopic (exact) mass is 244 g/mol. The maximum atomic E-state index is 12.7. The third-order valence-electron chi connectivity index (χ3n) is 2.70. The molecule has 17 heavy (non-hydrogen) atoms. The van der Waals surface area contributed by atoms with Crippen molar-refractivity contribution in [3.63, 3.8) is 0 Å². The molecule has 1 unspecified atom stereocenters. The molecule has 1 heterocycles. The molecule has 0 saturated carbocycles. The largest absolute Gasteiger partial charge is 0.508 e. The van der Waals surface area contributed by atoms with Gasteiger partial charge in [-0.2, -0.15) is 13.2 Å². The Hall–Kier alpha value is -1.69. The number of aromatic hydroxyl groups is 1. The van der Waals surface area contributed by atoms with Gasteiger partial charge in [-0.05, 0) is 17.7 Å². The predicted octanol–water partition coefficient (Wildman–Crippen LogP) is 2.48. The van der Waals surface area contributed by atoms with E-state index in [9.17, 15) is 18.3 Å². The Morgan fingerprint density at radius 2 is 2.06 bits per heavy atom. The van der Waals surface area contributed by atoms with E-state index in [1.807, 2.05) is 0 Å². The fourth-order valence-electron chi connectivity index (χ4n) is 1.86. The highest BCUT2D eigenvalue weighted by Gasteiger charge is 2.40. The van der Waals surface area contributed by atoms with Crippen molar-refractivity contribution in [2.24, 2.45) is 5.73 Å². The summed E-state index contributed by atoms with van der Waals surface area (Å²) in [6.07, 6.45) is -3.09. The number of alkyl halides is 3. The molecule has 0 saturated heterocycles. The van der Waals surface area contributed by atoms with Crippen LogP contribution in [-0.4, -0.2) is 22.8 Å². The molecule has 4 N–H and O–H groups in total. The Morgan fingerprint density at radius 1 is 1.35 bits per heavy atom. The summed E-state index contributed by atoms with van der Waals surface area (Å²) in [6, 6.07) is 4.18. The van der Waals surface area contributed by atoms with E-state index >= 15 is 0 Å². The summed E-state index contributed by atoms with van der Waals surface area (Å²) in [4.78, 5) is 2.70. The molecule has 0 fully saturated rings. The topological polar surface area (TPSA) is 62.0 Å².